The molecule has 1 nitrogen and oxygen atoms in total. The van der Waals surface area contributed by atoms with Crippen LogP contribution in [0, 0.1) is 11.8 Å². The maximum Gasteiger partial charge on any atom is 0.417 e. The maximum atomic E-state index is 12.6. The minimum Gasteiger partial charge on any atom is -0.288 e. The molecule has 0 atom stereocenters. The number of thioether (sulfide) groups is 1. The standard InChI is InChI=1S/C12H8ClF3OS/c1-8(17)18-6-2-3-9-7-10(13)4-5-11(9)12(14,15)16/h4-5,7H,6H2,1H3. The molecule has 0 saturated heterocycles. The van der Waals surface area contributed by atoms with Crippen LogP contribution in [-0.4, -0.2) is 10.9 Å². The van der Waals surface area contributed by atoms with E-state index in [0.717, 1.165) is 23.9 Å². The van der Waals surface area contributed by atoms with Gasteiger partial charge in [-0.05, 0) is 18.2 Å². The van der Waals surface area contributed by atoms with Crippen LogP contribution >= 0.6 is 23.4 Å². The first kappa shape index (κ1) is 14.9. The highest BCUT2D eigenvalue weighted by molar-refractivity contribution is 8.13. The first-order valence-corrected chi connectivity index (χ1v) is 6.16. The molecule has 1 aromatic carbocycles. The summed E-state index contributed by atoms with van der Waals surface area (Å²) in [6, 6.07) is 3.22. The van der Waals surface area contributed by atoms with Gasteiger partial charge in [0.15, 0.2) is 5.12 Å². The van der Waals surface area contributed by atoms with Gasteiger partial charge in [-0.1, -0.05) is 35.2 Å². The number of halogens is 4. The van der Waals surface area contributed by atoms with Gasteiger partial charge in [0.05, 0.1) is 11.3 Å². The van der Waals surface area contributed by atoms with Gasteiger partial charge in [-0.2, -0.15) is 13.2 Å². The van der Waals surface area contributed by atoms with Gasteiger partial charge in [0.2, 0.25) is 0 Å². The summed E-state index contributed by atoms with van der Waals surface area (Å²) in [5, 5.41) is 0.0537. The van der Waals surface area contributed by atoms with Gasteiger partial charge < -0.3 is 0 Å². The summed E-state index contributed by atoms with van der Waals surface area (Å²) >= 11 is 6.58. The Kier molecular flexibility index (Phi) is 5.12. The average Bonchev–Trinajstić information content (AvgIpc) is 2.22. The van der Waals surface area contributed by atoms with E-state index in [2.05, 4.69) is 11.8 Å². The van der Waals surface area contributed by atoms with Crippen molar-refractivity contribution in [2.45, 2.75) is 13.1 Å². The minimum atomic E-state index is -4.47. The van der Waals surface area contributed by atoms with Crippen LogP contribution in [0.3, 0.4) is 0 Å². The van der Waals surface area contributed by atoms with Crippen LogP contribution in [0.1, 0.15) is 18.1 Å². The van der Waals surface area contributed by atoms with E-state index in [-0.39, 0.29) is 21.5 Å². The van der Waals surface area contributed by atoms with Gasteiger partial charge in [0, 0.05) is 17.5 Å². The van der Waals surface area contributed by atoms with Gasteiger partial charge in [-0.25, -0.2) is 0 Å². The molecule has 1 aromatic rings. The summed E-state index contributed by atoms with van der Waals surface area (Å²) in [4.78, 5) is 10.6. The van der Waals surface area contributed by atoms with Crippen molar-refractivity contribution in [3.8, 4) is 11.8 Å². The van der Waals surface area contributed by atoms with Crippen molar-refractivity contribution in [2.75, 3.05) is 5.75 Å². The molecule has 0 saturated carbocycles. The summed E-state index contributed by atoms with van der Waals surface area (Å²) < 4.78 is 37.9. The highest BCUT2D eigenvalue weighted by Crippen LogP contribution is 2.32. The number of carbonyl (C=O) groups is 1. The number of alkyl halides is 3. The van der Waals surface area contributed by atoms with E-state index in [1.54, 1.807) is 0 Å². The zero-order valence-electron chi connectivity index (χ0n) is 9.27. The minimum absolute atomic E-state index is 0.133. The molecule has 0 bridgehead atoms. The molecule has 0 spiro atoms. The fourth-order valence-electron chi connectivity index (χ4n) is 1.14. The van der Waals surface area contributed by atoms with Crippen molar-refractivity contribution in [1.82, 2.24) is 0 Å². The Morgan fingerprint density at radius 3 is 2.67 bits per heavy atom. The predicted molar refractivity (Wildman–Crippen MR) is 66.5 cm³/mol. The second-order valence-electron chi connectivity index (χ2n) is 3.27. The maximum absolute atomic E-state index is 12.6. The second-order valence-corrected chi connectivity index (χ2v) is 4.86. The predicted octanol–water partition coefficient (Wildman–Crippen LogP) is 3.99. The Labute approximate surface area is 112 Å². The molecule has 96 valence electrons. The average molecular weight is 293 g/mol. The van der Waals surface area contributed by atoms with Crippen molar-refractivity contribution in [2.24, 2.45) is 0 Å². The molecule has 0 aliphatic rings. The lowest BCUT2D eigenvalue weighted by atomic mass is 10.1. The summed E-state index contributed by atoms with van der Waals surface area (Å²) in [7, 11) is 0. The summed E-state index contributed by atoms with van der Waals surface area (Å²) in [5.41, 5.74) is -1.01. The lowest BCUT2D eigenvalue weighted by Crippen LogP contribution is -2.07. The Morgan fingerprint density at radius 2 is 2.11 bits per heavy atom. The van der Waals surface area contributed by atoms with Crippen molar-refractivity contribution in [3.63, 3.8) is 0 Å². The third-order valence-electron chi connectivity index (χ3n) is 1.86. The van der Waals surface area contributed by atoms with Crippen LogP contribution in [-0.2, 0) is 11.0 Å². The van der Waals surface area contributed by atoms with Crippen molar-refractivity contribution < 1.29 is 18.0 Å². The van der Waals surface area contributed by atoms with E-state index in [9.17, 15) is 18.0 Å². The van der Waals surface area contributed by atoms with E-state index in [4.69, 9.17) is 11.6 Å². The van der Waals surface area contributed by atoms with Gasteiger partial charge in [-0.3, -0.25) is 4.79 Å². The number of hydrogen-bond donors (Lipinski definition) is 0. The Balaban J connectivity index is 2.99. The molecule has 0 heterocycles. The number of carbonyl (C=O) groups excluding carboxylic acids is 1. The normalized spacial score (nSPS) is 10.7. The molecule has 0 unspecified atom stereocenters. The highest BCUT2D eigenvalue weighted by atomic mass is 35.5. The summed E-state index contributed by atoms with van der Waals surface area (Å²) in [6.07, 6.45) is -4.47. The quantitative estimate of drug-likeness (QED) is 0.728. The Morgan fingerprint density at radius 1 is 1.44 bits per heavy atom. The molecule has 0 fully saturated rings. The molecule has 0 radical (unpaired) electrons. The van der Waals surface area contributed by atoms with E-state index in [1.165, 1.54) is 13.0 Å². The molecule has 0 aliphatic heterocycles. The third kappa shape index (κ3) is 4.63. The molecule has 6 heteroatoms. The van der Waals surface area contributed by atoms with Crippen LogP contribution in [0.2, 0.25) is 5.02 Å². The molecular formula is C12H8ClF3OS. The van der Waals surface area contributed by atoms with Gasteiger partial charge in [0.1, 0.15) is 0 Å². The first-order valence-electron chi connectivity index (χ1n) is 4.79. The van der Waals surface area contributed by atoms with Gasteiger partial charge >= 0.3 is 6.18 Å². The van der Waals surface area contributed by atoms with Crippen LogP contribution in [0.25, 0.3) is 0 Å². The lowest BCUT2D eigenvalue weighted by molar-refractivity contribution is -0.137. The van der Waals surface area contributed by atoms with Crippen LogP contribution in [0.15, 0.2) is 18.2 Å². The van der Waals surface area contributed by atoms with E-state index < -0.39 is 11.7 Å². The van der Waals surface area contributed by atoms with Crippen molar-refractivity contribution in [3.05, 3.63) is 34.3 Å². The molecule has 0 amide bonds. The van der Waals surface area contributed by atoms with Crippen molar-refractivity contribution >= 4 is 28.5 Å². The van der Waals surface area contributed by atoms with Gasteiger partial charge in [-0.15, -0.1) is 0 Å². The fraction of sp³-hybridized carbons (Fsp3) is 0.250. The fourth-order valence-corrected chi connectivity index (χ4v) is 1.66. The zero-order valence-corrected chi connectivity index (χ0v) is 10.8. The van der Waals surface area contributed by atoms with Gasteiger partial charge in [0.25, 0.3) is 0 Å². The number of benzene rings is 1. The largest absolute Gasteiger partial charge is 0.417 e. The SMILES string of the molecule is CC(=O)SCC#Cc1cc(Cl)ccc1C(F)(F)F. The van der Waals surface area contributed by atoms with Crippen LogP contribution in [0.4, 0.5) is 13.2 Å². The highest BCUT2D eigenvalue weighted by Gasteiger charge is 2.32. The molecule has 18 heavy (non-hydrogen) atoms. The van der Waals surface area contributed by atoms with E-state index in [0.29, 0.717) is 0 Å². The molecule has 0 aliphatic carbocycles. The smallest absolute Gasteiger partial charge is 0.288 e. The Hall–Kier alpha value is -1.12. The monoisotopic (exact) mass is 292 g/mol. The van der Waals surface area contributed by atoms with Crippen molar-refractivity contribution in [1.29, 1.82) is 0 Å². The zero-order chi connectivity index (χ0) is 13.8. The Bertz CT molecular complexity index is 514. The molecule has 1 rings (SSSR count). The van der Waals surface area contributed by atoms with E-state index in [1.807, 2.05) is 0 Å². The van der Waals surface area contributed by atoms with Crippen LogP contribution in [0.5, 0.6) is 0 Å². The topological polar surface area (TPSA) is 17.1 Å². The summed E-state index contributed by atoms with van der Waals surface area (Å²) in [6.45, 7) is 1.37. The first-order chi connectivity index (χ1) is 8.30. The number of rotatable bonds is 1. The third-order valence-corrected chi connectivity index (χ3v) is 2.79. The molecular weight excluding hydrogens is 285 g/mol. The number of hydrogen-bond acceptors (Lipinski definition) is 2. The van der Waals surface area contributed by atoms with E-state index >= 15 is 0 Å². The molecule has 0 N–H and O–H groups in total. The summed E-state index contributed by atoms with van der Waals surface area (Å²) in [5.74, 6) is 5.05. The van der Waals surface area contributed by atoms with Crippen LogP contribution < -0.4 is 0 Å². The molecule has 0 aromatic heterocycles. The second kappa shape index (κ2) is 6.17. The lowest BCUT2D eigenvalue weighted by Gasteiger charge is -2.08.